The maximum absolute atomic E-state index is 4.98. The molecule has 1 aliphatic rings. The van der Waals surface area contributed by atoms with Gasteiger partial charge in [-0.3, -0.25) is 0 Å². The molecule has 0 amide bonds. The monoisotopic (exact) mass is 130 g/mol. The molecule has 0 radical (unpaired) electrons. The molecule has 0 aliphatic heterocycles. The van der Waals surface area contributed by atoms with E-state index in [1.54, 1.807) is 0 Å². The van der Waals surface area contributed by atoms with E-state index < -0.39 is 0 Å². The van der Waals surface area contributed by atoms with Crippen molar-refractivity contribution in [2.24, 2.45) is 5.90 Å². The summed E-state index contributed by atoms with van der Waals surface area (Å²) in [6.07, 6.45) is 2.49. The van der Waals surface area contributed by atoms with Crippen LogP contribution in [-0.4, -0.2) is 31.1 Å². The second-order valence-corrected chi connectivity index (χ2v) is 2.85. The second kappa shape index (κ2) is 2.64. The Morgan fingerprint density at radius 2 is 2.00 bits per heavy atom. The minimum atomic E-state index is 0.317. The van der Waals surface area contributed by atoms with Crippen LogP contribution in [0, 0.1) is 0 Å². The van der Waals surface area contributed by atoms with E-state index in [0.29, 0.717) is 12.1 Å². The first kappa shape index (κ1) is 6.99. The molecule has 3 heteroatoms. The summed E-state index contributed by atoms with van der Waals surface area (Å²) >= 11 is 0. The van der Waals surface area contributed by atoms with Gasteiger partial charge < -0.3 is 9.74 Å². The van der Waals surface area contributed by atoms with Crippen LogP contribution in [-0.2, 0) is 4.84 Å². The average molecular weight is 130 g/mol. The average Bonchev–Trinajstić information content (AvgIpc) is 1.61. The lowest BCUT2D eigenvalue weighted by atomic mass is 9.89. The SMILES string of the molecule is CN(C)C1CC(ON)C1. The molecule has 0 aromatic heterocycles. The predicted molar refractivity (Wildman–Crippen MR) is 35.8 cm³/mol. The number of hydrogen-bond acceptors (Lipinski definition) is 3. The molecule has 0 atom stereocenters. The first-order valence-electron chi connectivity index (χ1n) is 3.26. The Balaban J connectivity index is 2.12. The van der Waals surface area contributed by atoms with Gasteiger partial charge in [-0.2, -0.15) is 0 Å². The van der Waals surface area contributed by atoms with Gasteiger partial charge in [0.15, 0.2) is 0 Å². The first-order valence-corrected chi connectivity index (χ1v) is 3.26. The van der Waals surface area contributed by atoms with Crippen LogP contribution >= 0.6 is 0 Å². The van der Waals surface area contributed by atoms with Gasteiger partial charge in [0.2, 0.25) is 0 Å². The Kier molecular flexibility index (Phi) is 2.05. The molecule has 3 nitrogen and oxygen atoms in total. The van der Waals surface area contributed by atoms with Crippen LogP contribution in [0.4, 0.5) is 0 Å². The smallest absolute Gasteiger partial charge is 0.0817 e. The number of hydrogen-bond donors (Lipinski definition) is 1. The third kappa shape index (κ3) is 1.41. The third-order valence-corrected chi connectivity index (χ3v) is 1.99. The first-order chi connectivity index (χ1) is 4.24. The fraction of sp³-hybridized carbons (Fsp3) is 1.00. The van der Waals surface area contributed by atoms with Gasteiger partial charge >= 0.3 is 0 Å². The van der Waals surface area contributed by atoms with Gasteiger partial charge in [-0.1, -0.05) is 0 Å². The standard InChI is InChI=1S/C6H14N2O/c1-8(2)5-3-6(4-5)9-7/h5-6H,3-4,7H2,1-2H3. The van der Waals surface area contributed by atoms with Crippen LogP contribution < -0.4 is 5.90 Å². The zero-order chi connectivity index (χ0) is 6.85. The molecule has 0 spiro atoms. The number of nitrogens with two attached hydrogens (primary N) is 1. The van der Waals surface area contributed by atoms with Gasteiger partial charge in [-0.15, -0.1) is 0 Å². The van der Waals surface area contributed by atoms with Crippen LogP contribution in [0.5, 0.6) is 0 Å². The van der Waals surface area contributed by atoms with Crippen LogP contribution in [0.3, 0.4) is 0 Å². The zero-order valence-corrected chi connectivity index (χ0v) is 6.00. The van der Waals surface area contributed by atoms with Crippen molar-refractivity contribution in [3.8, 4) is 0 Å². The van der Waals surface area contributed by atoms with Crippen molar-refractivity contribution in [1.82, 2.24) is 4.90 Å². The largest absolute Gasteiger partial charge is 0.306 e. The summed E-state index contributed by atoms with van der Waals surface area (Å²) in [6.45, 7) is 0. The highest BCUT2D eigenvalue weighted by Crippen LogP contribution is 2.24. The molecular weight excluding hydrogens is 116 g/mol. The third-order valence-electron chi connectivity index (χ3n) is 1.99. The Bertz CT molecular complexity index is 89.1. The van der Waals surface area contributed by atoms with Crippen molar-refractivity contribution in [1.29, 1.82) is 0 Å². The summed E-state index contributed by atoms with van der Waals surface area (Å²) in [6, 6.07) is 0.693. The summed E-state index contributed by atoms with van der Waals surface area (Å²) in [5.74, 6) is 4.98. The molecule has 0 bridgehead atoms. The molecule has 1 fully saturated rings. The van der Waals surface area contributed by atoms with E-state index in [4.69, 9.17) is 5.90 Å². The van der Waals surface area contributed by atoms with Gasteiger partial charge in [0, 0.05) is 6.04 Å². The van der Waals surface area contributed by atoms with Gasteiger partial charge in [0.25, 0.3) is 0 Å². The molecule has 54 valence electrons. The van der Waals surface area contributed by atoms with Crippen LogP contribution in [0.25, 0.3) is 0 Å². The Labute approximate surface area is 55.7 Å². The molecule has 2 N–H and O–H groups in total. The quantitative estimate of drug-likeness (QED) is 0.533. The molecule has 1 aliphatic carbocycles. The maximum atomic E-state index is 4.98. The summed E-state index contributed by atoms with van der Waals surface area (Å²) in [7, 11) is 4.16. The van der Waals surface area contributed by atoms with Crippen molar-refractivity contribution in [2.75, 3.05) is 14.1 Å². The highest BCUT2D eigenvalue weighted by atomic mass is 16.6. The topological polar surface area (TPSA) is 38.5 Å². The van der Waals surface area contributed by atoms with E-state index in [9.17, 15) is 0 Å². The highest BCUT2D eigenvalue weighted by molar-refractivity contribution is 4.84. The van der Waals surface area contributed by atoms with E-state index in [0.717, 1.165) is 12.8 Å². The lowest BCUT2D eigenvalue weighted by Gasteiger charge is -2.37. The molecule has 9 heavy (non-hydrogen) atoms. The zero-order valence-electron chi connectivity index (χ0n) is 6.00. The maximum Gasteiger partial charge on any atom is 0.0817 e. The van der Waals surface area contributed by atoms with Crippen LogP contribution in [0.1, 0.15) is 12.8 Å². The fourth-order valence-corrected chi connectivity index (χ4v) is 1.07. The molecule has 1 saturated carbocycles. The van der Waals surface area contributed by atoms with Crippen LogP contribution in [0.2, 0.25) is 0 Å². The summed E-state index contributed by atoms with van der Waals surface area (Å²) in [5.41, 5.74) is 0. The summed E-state index contributed by atoms with van der Waals surface area (Å²) in [4.78, 5) is 6.84. The van der Waals surface area contributed by atoms with E-state index in [1.165, 1.54) is 0 Å². The highest BCUT2D eigenvalue weighted by Gasteiger charge is 2.30. The van der Waals surface area contributed by atoms with Crippen molar-refractivity contribution in [3.05, 3.63) is 0 Å². The minimum Gasteiger partial charge on any atom is -0.306 e. The summed E-state index contributed by atoms with van der Waals surface area (Å²) in [5, 5.41) is 0. The Hall–Kier alpha value is -0.120. The van der Waals surface area contributed by atoms with Gasteiger partial charge in [-0.25, -0.2) is 5.90 Å². The Morgan fingerprint density at radius 3 is 2.33 bits per heavy atom. The molecular formula is C6H14N2O. The molecule has 0 unspecified atom stereocenters. The fourth-order valence-electron chi connectivity index (χ4n) is 1.07. The molecule has 0 heterocycles. The van der Waals surface area contributed by atoms with Crippen molar-refractivity contribution in [2.45, 2.75) is 25.0 Å². The summed E-state index contributed by atoms with van der Waals surface area (Å²) < 4.78 is 0. The van der Waals surface area contributed by atoms with Crippen molar-refractivity contribution in [3.63, 3.8) is 0 Å². The van der Waals surface area contributed by atoms with E-state index in [-0.39, 0.29) is 0 Å². The molecule has 0 saturated heterocycles. The van der Waals surface area contributed by atoms with E-state index in [2.05, 4.69) is 23.8 Å². The van der Waals surface area contributed by atoms with Crippen molar-refractivity contribution >= 4 is 0 Å². The van der Waals surface area contributed by atoms with Gasteiger partial charge in [-0.05, 0) is 26.9 Å². The molecule has 1 rings (SSSR count). The number of nitrogens with zero attached hydrogens (tertiary/aromatic N) is 1. The molecule has 0 aromatic rings. The van der Waals surface area contributed by atoms with E-state index in [1.807, 2.05) is 0 Å². The normalized spacial score (nSPS) is 34.7. The van der Waals surface area contributed by atoms with Gasteiger partial charge in [0.1, 0.15) is 0 Å². The van der Waals surface area contributed by atoms with Crippen LogP contribution in [0.15, 0.2) is 0 Å². The van der Waals surface area contributed by atoms with Gasteiger partial charge in [0.05, 0.1) is 6.10 Å². The predicted octanol–water partition coefficient (Wildman–Crippen LogP) is -0.0307. The van der Waals surface area contributed by atoms with E-state index >= 15 is 0 Å². The minimum absolute atomic E-state index is 0.317. The molecule has 0 aromatic carbocycles. The number of rotatable bonds is 2. The second-order valence-electron chi connectivity index (χ2n) is 2.85. The lowest BCUT2D eigenvalue weighted by molar-refractivity contribution is -0.0415. The Morgan fingerprint density at radius 1 is 1.44 bits per heavy atom. The van der Waals surface area contributed by atoms with Crippen molar-refractivity contribution < 1.29 is 4.84 Å². The lowest BCUT2D eigenvalue weighted by Crippen LogP contribution is -2.45.